The third-order valence-electron chi connectivity index (χ3n) is 3.22. The fourth-order valence-electron chi connectivity index (χ4n) is 2.16. The molecular weight excluding hydrogens is 278 g/mol. The Morgan fingerprint density at radius 3 is 2.33 bits per heavy atom. The highest BCUT2D eigenvalue weighted by Gasteiger charge is 2.24. The molecule has 1 atom stereocenters. The summed E-state index contributed by atoms with van der Waals surface area (Å²) in [6.07, 6.45) is 0.120. The maximum atomic E-state index is 13.4. The fraction of sp³-hybridized carbons (Fsp3) is 0.188. The van der Waals surface area contributed by atoms with Crippen molar-refractivity contribution in [2.45, 2.75) is 12.3 Å². The van der Waals surface area contributed by atoms with E-state index in [0.717, 1.165) is 6.07 Å². The van der Waals surface area contributed by atoms with Crippen LogP contribution in [0.2, 0.25) is 0 Å². The van der Waals surface area contributed by atoms with E-state index in [-0.39, 0.29) is 12.0 Å². The molecule has 0 aliphatic carbocycles. The summed E-state index contributed by atoms with van der Waals surface area (Å²) >= 11 is 0. The van der Waals surface area contributed by atoms with Crippen LogP contribution >= 0.6 is 0 Å². The molecule has 0 saturated carbocycles. The van der Waals surface area contributed by atoms with Crippen LogP contribution in [-0.2, 0) is 11.2 Å². The van der Waals surface area contributed by atoms with Gasteiger partial charge in [0, 0.05) is 5.56 Å². The van der Waals surface area contributed by atoms with Gasteiger partial charge in [-0.3, -0.25) is 4.79 Å². The van der Waals surface area contributed by atoms with Gasteiger partial charge in [-0.05, 0) is 42.3 Å². The lowest BCUT2D eigenvalue weighted by Gasteiger charge is -2.16. The maximum Gasteiger partial charge on any atom is 0.311 e. The monoisotopic (exact) mass is 292 g/mol. The fourth-order valence-corrected chi connectivity index (χ4v) is 2.16. The molecule has 0 bridgehead atoms. The van der Waals surface area contributed by atoms with Gasteiger partial charge >= 0.3 is 5.97 Å². The van der Waals surface area contributed by atoms with Gasteiger partial charge in [0.25, 0.3) is 0 Å². The van der Waals surface area contributed by atoms with Crippen LogP contribution in [0.4, 0.5) is 8.78 Å². The Labute approximate surface area is 120 Å². The van der Waals surface area contributed by atoms with Gasteiger partial charge in [-0.1, -0.05) is 12.1 Å². The van der Waals surface area contributed by atoms with Gasteiger partial charge in [0.05, 0.1) is 13.0 Å². The number of rotatable bonds is 5. The van der Waals surface area contributed by atoms with E-state index in [1.54, 1.807) is 0 Å². The highest BCUT2D eigenvalue weighted by molar-refractivity contribution is 5.77. The van der Waals surface area contributed by atoms with Gasteiger partial charge in [-0.15, -0.1) is 0 Å². The SMILES string of the molecule is COc1ccc(F)cc1C(Cc1ccc(F)cc1)C(=O)O. The highest BCUT2D eigenvalue weighted by atomic mass is 19.1. The van der Waals surface area contributed by atoms with Crippen molar-refractivity contribution in [2.24, 2.45) is 0 Å². The number of halogens is 2. The molecule has 5 heteroatoms. The number of hydrogen-bond acceptors (Lipinski definition) is 2. The van der Waals surface area contributed by atoms with E-state index in [9.17, 15) is 18.7 Å². The van der Waals surface area contributed by atoms with Gasteiger partial charge in [0.15, 0.2) is 0 Å². The molecule has 0 aliphatic heterocycles. The number of ether oxygens (including phenoxy) is 1. The summed E-state index contributed by atoms with van der Waals surface area (Å²) in [6.45, 7) is 0. The van der Waals surface area contributed by atoms with Crippen LogP contribution < -0.4 is 4.74 Å². The Kier molecular flexibility index (Phi) is 4.52. The van der Waals surface area contributed by atoms with Gasteiger partial charge in [0.1, 0.15) is 17.4 Å². The first-order valence-corrected chi connectivity index (χ1v) is 6.32. The summed E-state index contributed by atoms with van der Waals surface area (Å²) in [5, 5.41) is 9.40. The molecule has 21 heavy (non-hydrogen) atoms. The lowest BCUT2D eigenvalue weighted by Crippen LogP contribution is -2.15. The predicted molar refractivity (Wildman–Crippen MR) is 73.4 cm³/mol. The molecule has 1 unspecified atom stereocenters. The zero-order valence-electron chi connectivity index (χ0n) is 11.3. The third kappa shape index (κ3) is 3.56. The Bertz CT molecular complexity index is 638. The van der Waals surface area contributed by atoms with Crippen LogP contribution in [0.15, 0.2) is 42.5 Å². The second-order valence-electron chi connectivity index (χ2n) is 4.61. The Morgan fingerprint density at radius 1 is 1.14 bits per heavy atom. The van der Waals surface area contributed by atoms with Crippen LogP contribution in [0.1, 0.15) is 17.0 Å². The van der Waals surface area contributed by atoms with Crippen LogP contribution in [0.5, 0.6) is 5.75 Å². The number of carboxylic acid groups (broad SMARTS) is 1. The van der Waals surface area contributed by atoms with Crippen molar-refractivity contribution in [1.29, 1.82) is 0 Å². The summed E-state index contributed by atoms with van der Waals surface area (Å²) in [6, 6.07) is 9.30. The van der Waals surface area contributed by atoms with Crippen molar-refractivity contribution in [3.05, 3.63) is 65.2 Å². The molecule has 0 spiro atoms. The molecule has 1 N–H and O–H groups in total. The highest BCUT2D eigenvalue weighted by Crippen LogP contribution is 2.30. The van der Waals surface area contributed by atoms with Gasteiger partial charge in [0.2, 0.25) is 0 Å². The van der Waals surface area contributed by atoms with Crippen molar-refractivity contribution in [2.75, 3.05) is 7.11 Å². The van der Waals surface area contributed by atoms with Crippen LogP contribution in [0.3, 0.4) is 0 Å². The van der Waals surface area contributed by atoms with Gasteiger partial charge in [-0.25, -0.2) is 8.78 Å². The zero-order valence-corrected chi connectivity index (χ0v) is 11.3. The van der Waals surface area contributed by atoms with E-state index in [2.05, 4.69) is 0 Å². The standard InChI is InChI=1S/C16H14F2O3/c1-21-15-7-6-12(18)9-13(15)14(16(19)20)8-10-2-4-11(17)5-3-10/h2-7,9,14H,8H2,1H3,(H,19,20). The summed E-state index contributed by atoms with van der Waals surface area (Å²) in [5.74, 6) is -2.68. The normalized spacial score (nSPS) is 12.0. The molecule has 2 aromatic rings. The number of methoxy groups -OCH3 is 1. The maximum absolute atomic E-state index is 13.4. The van der Waals surface area contributed by atoms with Gasteiger partial charge in [-0.2, -0.15) is 0 Å². The molecule has 0 aromatic heterocycles. The first kappa shape index (κ1) is 15.0. The predicted octanol–water partition coefficient (Wildman–Crippen LogP) is 3.38. The molecule has 2 rings (SSSR count). The largest absolute Gasteiger partial charge is 0.496 e. The minimum absolute atomic E-state index is 0.120. The van der Waals surface area contributed by atoms with E-state index in [4.69, 9.17) is 4.74 Å². The smallest absolute Gasteiger partial charge is 0.311 e. The van der Waals surface area contributed by atoms with E-state index >= 15 is 0 Å². The van der Waals surface area contributed by atoms with Crippen LogP contribution in [0.25, 0.3) is 0 Å². The lowest BCUT2D eigenvalue weighted by atomic mass is 9.91. The number of hydrogen-bond donors (Lipinski definition) is 1. The molecule has 0 saturated heterocycles. The number of benzene rings is 2. The first-order valence-electron chi connectivity index (χ1n) is 6.32. The van der Waals surface area contributed by atoms with E-state index in [1.165, 1.54) is 43.5 Å². The number of carboxylic acids is 1. The van der Waals surface area contributed by atoms with E-state index in [0.29, 0.717) is 11.3 Å². The minimum Gasteiger partial charge on any atom is -0.496 e. The second kappa shape index (κ2) is 6.35. The topological polar surface area (TPSA) is 46.5 Å². The second-order valence-corrected chi connectivity index (χ2v) is 4.61. The van der Waals surface area contributed by atoms with Crippen molar-refractivity contribution in [3.63, 3.8) is 0 Å². The van der Waals surface area contributed by atoms with Crippen LogP contribution in [0, 0.1) is 11.6 Å². The molecule has 0 amide bonds. The molecule has 110 valence electrons. The number of carbonyl (C=O) groups is 1. The average Bonchev–Trinajstić information content (AvgIpc) is 2.46. The molecular formula is C16H14F2O3. The lowest BCUT2D eigenvalue weighted by molar-refractivity contribution is -0.138. The Morgan fingerprint density at radius 2 is 1.76 bits per heavy atom. The quantitative estimate of drug-likeness (QED) is 0.919. The minimum atomic E-state index is -1.09. The van der Waals surface area contributed by atoms with Crippen molar-refractivity contribution in [3.8, 4) is 5.75 Å². The van der Waals surface area contributed by atoms with Gasteiger partial charge < -0.3 is 9.84 Å². The third-order valence-corrected chi connectivity index (χ3v) is 3.22. The zero-order chi connectivity index (χ0) is 15.4. The Balaban J connectivity index is 2.37. The summed E-state index contributed by atoms with van der Waals surface area (Å²) in [5.41, 5.74) is 0.907. The molecule has 0 aliphatic rings. The van der Waals surface area contributed by atoms with Crippen LogP contribution in [-0.4, -0.2) is 18.2 Å². The van der Waals surface area contributed by atoms with Crippen molar-refractivity contribution >= 4 is 5.97 Å². The van der Waals surface area contributed by atoms with E-state index < -0.39 is 23.5 Å². The average molecular weight is 292 g/mol. The number of aliphatic carboxylic acids is 1. The molecule has 0 radical (unpaired) electrons. The summed E-state index contributed by atoms with van der Waals surface area (Å²) in [4.78, 5) is 11.5. The summed E-state index contributed by atoms with van der Waals surface area (Å²) < 4.78 is 31.4. The molecule has 0 heterocycles. The Hall–Kier alpha value is -2.43. The summed E-state index contributed by atoms with van der Waals surface area (Å²) in [7, 11) is 1.40. The van der Waals surface area contributed by atoms with E-state index in [1.807, 2.05) is 0 Å². The molecule has 3 nitrogen and oxygen atoms in total. The molecule has 0 fully saturated rings. The van der Waals surface area contributed by atoms with Crippen molar-refractivity contribution < 1.29 is 23.4 Å². The first-order chi connectivity index (χ1) is 10.0. The van der Waals surface area contributed by atoms with Crippen molar-refractivity contribution in [1.82, 2.24) is 0 Å². The molecule has 2 aromatic carbocycles.